The Labute approximate surface area is 125 Å². The van der Waals surface area contributed by atoms with E-state index in [1.807, 2.05) is 42.5 Å². The molecule has 0 fully saturated rings. The zero-order valence-electron chi connectivity index (χ0n) is 9.54. The Hall–Kier alpha value is -0.540. The molecule has 0 aliphatic heterocycles. The van der Waals surface area contributed by atoms with Gasteiger partial charge in [0, 0.05) is 15.5 Å². The van der Waals surface area contributed by atoms with Crippen LogP contribution in [0, 0.1) is 0 Å². The Morgan fingerprint density at radius 2 is 1.72 bits per heavy atom. The predicted molar refractivity (Wildman–Crippen MR) is 81.2 cm³/mol. The topological polar surface area (TPSA) is 26.0 Å². The summed E-state index contributed by atoms with van der Waals surface area (Å²) in [7, 11) is 0. The van der Waals surface area contributed by atoms with Crippen molar-refractivity contribution < 1.29 is 0 Å². The molecule has 2 aromatic carbocycles. The van der Waals surface area contributed by atoms with E-state index in [0.717, 1.165) is 27.0 Å². The number of nitrogens with two attached hydrogens (primary N) is 1. The molecule has 2 aromatic rings. The van der Waals surface area contributed by atoms with Crippen molar-refractivity contribution in [1.29, 1.82) is 0 Å². The van der Waals surface area contributed by atoms with E-state index in [2.05, 4.69) is 15.9 Å². The van der Waals surface area contributed by atoms with Gasteiger partial charge in [0.2, 0.25) is 0 Å². The van der Waals surface area contributed by atoms with Crippen molar-refractivity contribution in [2.75, 3.05) is 0 Å². The average Bonchev–Trinajstić information content (AvgIpc) is 2.35. The van der Waals surface area contributed by atoms with Crippen LogP contribution in [0.1, 0.15) is 17.2 Å². The molecule has 0 amide bonds. The number of benzene rings is 2. The molecule has 0 saturated carbocycles. The van der Waals surface area contributed by atoms with Gasteiger partial charge in [0.1, 0.15) is 0 Å². The average molecular weight is 345 g/mol. The molecule has 94 valence electrons. The first kappa shape index (κ1) is 13.9. The Bertz CT molecular complexity index is 540. The first-order valence-electron chi connectivity index (χ1n) is 5.51. The van der Waals surface area contributed by atoms with Gasteiger partial charge in [0.25, 0.3) is 0 Å². The smallest absolute Gasteiger partial charge is 0.0551 e. The molecule has 1 nitrogen and oxygen atoms in total. The van der Waals surface area contributed by atoms with Crippen molar-refractivity contribution in [2.24, 2.45) is 5.73 Å². The summed E-state index contributed by atoms with van der Waals surface area (Å²) in [5.74, 6) is 0. The lowest BCUT2D eigenvalue weighted by Gasteiger charge is -2.13. The number of hydrogen-bond donors (Lipinski definition) is 1. The summed E-state index contributed by atoms with van der Waals surface area (Å²) >= 11 is 15.3. The Morgan fingerprint density at radius 1 is 1.06 bits per heavy atom. The lowest BCUT2D eigenvalue weighted by Crippen LogP contribution is -2.13. The molecule has 0 saturated heterocycles. The lowest BCUT2D eigenvalue weighted by molar-refractivity contribution is 0.722. The van der Waals surface area contributed by atoms with E-state index in [1.54, 1.807) is 0 Å². The van der Waals surface area contributed by atoms with E-state index in [-0.39, 0.29) is 6.04 Å². The maximum Gasteiger partial charge on any atom is 0.0551 e. The summed E-state index contributed by atoms with van der Waals surface area (Å²) in [5.41, 5.74) is 8.36. The van der Waals surface area contributed by atoms with Crippen molar-refractivity contribution >= 4 is 39.1 Å². The molecule has 0 aromatic heterocycles. The molecule has 2 N–H and O–H groups in total. The summed E-state index contributed by atoms with van der Waals surface area (Å²) in [4.78, 5) is 0. The van der Waals surface area contributed by atoms with Crippen molar-refractivity contribution in [3.63, 3.8) is 0 Å². The quantitative estimate of drug-likeness (QED) is 0.833. The molecule has 0 heterocycles. The third-order valence-corrected chi connectivity index (χ3v) is 4.23. The van der Waals surface area contributed by atoms with Crippen molar-refractivity contribution in [1.82, 2.24) is 0 Å². The predicted octanol–water partition coefficient (Wildman–Crippen LogP) is 5.00. The molecule has 0 spiro atoms. The maximum atomic E-state index is 6.18. The second-order valence-corrected chi connectivity index (χ2v) is 5.81. The highest BCUT2D eigenvalue weighted by molar-refractivity contribution is 9.10. The van der Waals surface area contributed by atoms with Gasteiger partial charge >= 0.3 is 0 Å². The van der Waals surface area contributed by atoms with Crippen molar-refractivity contribution in [2.45, 2.75) is 12.5 Å². The van der Waals surface area contributed by atoms with Crippen LogP contribution >= 0.6 is 39.1 Å². The van der Waals surface area contributed by atoms with Crippen LogP contribution in [0.15, 0.2) is 46.9 Å². The molecular weight excluding hydrogens is 333 g/mol. The fourth-order valence-electron chi connectivity index (χ4n) is 1.74. The number of hydrogen-bond acceptors (Lipinski definition) is 1. The second kappa shape index (κ2) is 6.07. The van der Waals surface area contributed by atoms with Crippen LogP contribution in [0.5, 0.6) is 0 Å². The highest BCUT2D eigenvalue weighted by Gasteiger charge is 2.09. The molecule has 1 unspecified atom stereocenters. The van der Waals surface area contributed by atoms with Gasteiger partial charge in [-0.05, 0) is 57.7 Å². The van der Waals surface area contributed by atoms with Gasteiger partial charge in [0.15, 0.2) is 0 Å². The molecule has 18 heavy (non-hydrogen) atoms. The maximum absolute atomic E-state index is 6.18. The van der Waals surface area contributed by atoms with Crippen LogP contribution in [0.25, 0.3) is 0 Å². The normalized spacial score (nSPS) is 12.4. The number of halogens is 3. The van der Waals surface area contributed by atoms with E-state index in [9.17, 15) is 0 Å². The van der Waals surface area contributed by atoms with Crippen LogP contribution < -0.4 is 5.73 Å². The fourth-order valence-corrected chi connectivity index (χ4v) is 2.30. The fraction of sp³-hybridized carbons (Fsp3) is 0.143. The molecular formula is C14H12BrCl2N. The minimum Gasteiger partial charge on any atom is -0.324 e. The summed E-state index contributed by atoms with van der Waals surface area (Å²) in [6.07, 6.45) is 0.759. The van der Waals surface area contributed by atoms with Gasteiger partial charge in [-0.1, -0.05) is 41.4 Å². The minimum absolute atomic E-state index is 0.0724. The Balaban J connectivity index is 2.13. The highest BCUT2D eigenvalue weighted by Crippen LogP contribution is 2.26. The van der Waals surface area contributed by atoms with E-state index in [4.69, 9.17) is 28.9 Å². The molecule has 4 heteroatoms. The second-order valence-electron chi connectivity index (χ2n) is 4.11. The SMILES string of the molecule is NC(Cc1ccc(Cl)cc1)c1ccc(Br)c(Cl)c1. The standard InChI is InChI=1S/C14H12BrCl2N/c15-12-6-3-10(8-13(12)17)14(18)7-9-1-4-11(16)5-2-9/h1-6,8,14H,7,18H2. The van der Waals surface area contributed by atoms with Crippen molar-refractivity contribution in [3.8, 4) is 0 Å². The molecule has 0 aliphatic carbocycles. The Morgan fingerprint density at radius 3 is 2.33 bits per heavy atom. The zero-order chi connectivity index (χ0) is 13.1. The molecule has 2 rings (SSSR count). The van der Waals surface area contributed by atoms with E-state index >= 15 is 0 Å². The van der Waals surface area contributed by atoms with Crippen LogP contribution in [0.4, 0.5) is 0 Å². The zero-order valence-corrected chi connectivity index (χ0v) is 12.6. The third-order valence-electron chi connectivity index (χ3n) is 2.74. The van der Waals surface area contributed by atoms with Gasteiger partial charge in [-0.25, -0.2) is 0 Å². The first-order chi connectivity index (χ1) is 8.56. The van der Waals surface area contributed by atoms with Crippen LogP contribution in [0.3, 0.4) is 0 Å². The van der Waals surface area contributed by atoms with Gasteiger partial charge in [-0.15, -0.1) is 0 Å². The Kier molecular flexibility index (Phi) is 4.68. The molecule has 1 atom stereocenters. The molecule has 0 aliphatic rings. The summed E-state index contributed by atoms with van der Waals surface area (Å²) < 4.78 is 0.881. The summed E-state index contributed by atoms with van der Waals surface area (Å²) in [6, 6.07) is 13.4. The summed E-state index contributed by atoms with van der Waals surface area (Å²) in [6.45, 7) is 0. The van der Waals surface area contributed by atoms with Gasteiger partial charge < -0.3 is 5.73 Å². The first-order valence-corrected chi connectivity index (χ1v) is 7.06. The van der Waals surface area contributed by atoms with Gasteiger partial charge in [0.05, 0.1) is 5.02 Å². The molecule has 0 radical (unpaired) electrons. The largest absolute Gasteiger partial charge is 0.324 e. The van der Waals surface area contributed by atoms with Gasteiger partial charge in [-0.3, -0.25) is 0 Å². The summed E-state index contributed by atoms with van der Waals surface area (Å²) in [5, 5.41) is 1.41. The van der Waals surface area contributed by atoms with Crippen LogP contribution in [-0.4, -0.2) is 0 Å². The minimum atomic E-state index is -0.0724. The van der Waals surface area contributed by atoms with Crippen LogP contribution in [-0.2, 0) is 6.42 Å². The van der Waals surface area contributed by atoms with Crippen LogP contribution in [0.2, 0.25) is 10.0 Å². The van der Waals surface area contributed by atoms with Crippen molar-refractivity contribution in [3.05, 3.63) is 68.1 Å². The van der Waals surface area contributed by atoms with E-state index in [1.165, 1.54) is 0 Å². The number of rotatable bonds is 3. The third kappa shape index (κ3) is 3.48. The molecule has 0 bridgehead atoms. The highest BCUT2D eigenvalue weighted by atomic mass is 79.9. The van der Waals surface area contributed by atoms with Gasteiger partial charge in [-0.2, -0.15) is 0 Å². The van der Waals surface area contributed by atoms with E-state index < -0.39 is 0 Å². The monoisotopic (exact) mass is 343 g/mol. The van der Waals surface area contributed by atoms with E-state index in [0.29, 0.717) is 5.02 Å². The lowest BCUT2D eigenvalue weighted by atomic mass is 10.00.